The van der Waals surface area contributed by atoms with E-state index in [2.05, 4.69) is 92.6 Å². The maximum Gasteiger partial charge on any atom is 0.245 e. The molecular weight excluding hydrogens is 809 g/mol. The number of amides is 6. The summed E-state index contributed by atoms with van der Waals surface area (Å²) in [6.07, 6.45) is 7.78. The highest BCUT2D eigenvalue weighted by atomic mass is 16.2. The van der Waals surface area contributed by atoms with Gasteiger partial charge in [0.2, 0.25) is 35.4 Å². The number of likely N-dealkylation sites (tertiary alicyclic amines) is 2. The summed E-state index contributed by atoms with van der Waals surface area (Å²) in [5.74, 6) is -1.35. The molecule has 14 nitrogen and oxygen atoms in total. The van der Waals surface area contributed by atoms with Gasteiger partial charge in [-0.05, 0) is 157 Å². The Hall–Kier alpha value is -5.60. The van der Waals surface area contributed by atoms with Crippen molar-refractivity contribution in [3.63, 3.8) is 0 Å². The third-order valence-electron chi connectivity index (χ3n) is 13.9. The van der Waals surface area contributed by atoms with Crippen LogP contribution in [0.1, 0.15) is 113 Å². The van der Waals surface area contributed by atoms with Gasteiger partial charge in [0, 0.05) is 13.1 Å². The van der Waals surface area contributed by atoms with E-state index < -0.39 is 36.3 Å². The normalized spacial score (nSPS) is 22.3. The second kappa shape index (κ2) is 20.5. The maximum atomic E-state index is 13.9. The number of benzene rings is 3. The molecule has 3 aromatic carbocycles. The lowest BCUT2D eigenvalue weighted by Gasteiger charge is -2.32. The Labute approximate surface area is 377 Å². The number of nitrogens with zero attached hydrogens (tertiary/aromatic N) is 2. The van der Waals surface area contributed by atoms with Gasteiger partial charge in [-0.3, -0.25) is 28.8 Å². The number of rotatable bonds is 14. The number of carbonyl (C=O) groups is 6. The molecule has 6 amide bonds. The highest BCUT2D eigenvalue weighted by Gasteiger charge is 2.40. The second-order valence-corrected chi connectivity index (χ2v) is 18.1. The zero-order valence-electron chi connectivity index (χ0n) is 38.2. The van der Waals surface area contributed by atoms with E-state index in [1.807, 2.05) is 0 Å². The van der Waals surface area contributed by atoms with E-state index in [9.17, 15) is 28.8 Å². The van der Waals surface area contributed by atoms with Gasteiger partial charge < -0.3 is 41.7 Å². The van der Waals surface area contributed by atoms with Crippen molar-refractivity contribution in [3.8, 4) is 22.3 Å². The Balaban J connectivity index is 1.05. The molecule has 0 unspecified atom stereocenters. The molecule has 2 fully saturated rings. The van der Waals surface area contributed by atoms with Gasteiger partial charge in [0.15, 0.2) is 0 Å². The van der Waals surface area contributed by atoms with Gasteiger partial charge in [-0.25, -0.2) is 0 Å². The fourth-order valence-electron chi connectivity index (χ4n) is 10.1. The van der Waals surface area contributed by atoms with Crippen LogP contribution in [-0.4, -0.2) is 109 Å². The Morgan fingerprint density at radius 1 is 0.531 bits per heavy atom. The van der Waals surface area contributed by atoms with Crippen molar-refractivity contribution >= 4 is 35.4 Å². The fourth-order valence-corrected chi connectivity index (χ4v) is 10.1. The SMILES string of the molecule is CN[C@@H](C)C(=O)N[C@@H](C)C(=O)N1CCC[C@H]1C(=O)N[C@@H]1CCCc2c(-c3cccc(-c4cccc5c4CCC[C@H]5NC(=O)[C@@H]4CCCN4C(=O)[C@H](C)NC(=O)[C@H](C)NC)c3)cccc21. The van der Waals surface area contributed by atoms with Crippen molar-refractivity contribution in [1.82, 2.24) is 41.7 Å². The summed E-state index contributed by atoms with van der Waals surface area (Å²) >= 11 is 0. The molecule has 2 aliphatic heterocycles. The minimum Gasteiger partial charge on any atom is -0.347 e. The third kappa shape index (κ3) is 9.87. The van der Waals surface area contributed by atoms with Crippen LogP contribution in [0.15, 0.2) is 60.7 Å². The standard InChI is InChI=1S/C50H66N8O6/c1-29(51-5)45(59)53-31(3)49(63)57-26-12-24-43(57)47(61)55-41-22-10-18-37-35(16-8-20-39(37)41)33-14-7-15-34(28-33)36-17-9-21-40-38(36)19-11-23-42(40)56-48(62)44-25-13-27-58(44)50(64)32(4)54-46(60)30(2)52-6/h7-9,14-17,20-21,28-32,41-44,51-52H,10-13,18-19,22-27H2,1-6H3,(H,53,59)(H,54,60)(H,55,61)(H,56,62)/t29-,30-,31-,32-,41+,42+,43-,44-/m0/s1. The third-order valence-corrected chi connectivity index (χ3v) is 13.9. The van der Waals surface area contributed by atoms with Crippen molar-refractivity contribution < 1.29 is 28.8 Å². The topological polar surface area (TPSA) is 181 Å². The lowest BCUT2D eigenvalue weighted by atomic mass is 9.81. The largest absolute Gasteiger partial charge is 0.347 e. The molecule has 64 heavy (non-hydrogen) atoms. The second-order valence-electron chi connectivity index (χ2n) is 18.1. The molecule has 14 heteroatoms. The predicted molar refractivity (Wildman–Crippen MR) is 247 cm³/mol. The minimum atomic E-state index is -0.745. The molecule has 0 saturated carbocycles. The van der Waals surface area contributed by atoms with Gasteiger partial charge >= 0.3 is 0 Å². The number of nitrogens with one attached hydrogen (secondary N) is 6. The van der Waals surface area contributed by atoms with Crippen LogP contribution in [-0.2, 0) is 41.6 Å². The smallest absolute Gasteiger partial charge is 0.245 e. The van der Waals surface area contributed by atoms with Crippen molar-refractivity contribution in [2.45, 2.75) is 140 Å². The molecule has 8 atom stereocenters. The zero-order valence-corrected chi connectivity index (χ0v) is 38.2. The van der Waals surface area contributed by atoms with Crippen LogP contribution in [0.4, 0.5) is 0 Å². The summed E-state index contributed by atoms with van der Waals surface area (Å²) in [6, 6.07) is 17.3. The van der Waals surface area contributed by atoms with E-state index in [-0.39, 0.29) is 47.5 Å². The summed E-state index contributed by atoms with van der Waals surface area (Å²) in [5.41, 5.74) is 9.07. The van der Waals surface area contributed by atoms with Crippen LogP contribution >= 0.6 is 0 Å². The minimum absolute atomic E-state index is 0.161. The molecule has 0 aromatic heterocycles. The van der Waals surface area contributed by atoms with Crippen molar-refractivity contribution in [3.05, 3.63) is 82.9 Å². The fraction of sp³-hybridized carbons (Fsp3) is 0.520. The van der Waals surface area contributed by atoms with Crippen LogP contribution in [0.3, 0.4) is 0 Å². The van der Waals surface area contributed by atoms with Crippen molar-refractivity contribution in [2.24, 2.45) is 0 Å². The number of hydrogen-bond donors (Lipinski definition) is 6. The molecule has 2 heterocycles. The maximum absolute atomic E-state index is 13.9. The van der Waals surface area contributed by atoms with E-state index >= 15 is 0 Å². The van der Waals surface area contributed by atoms with Crippen molar-refractivity contribution in [1.29, 1.82) is 0 Å². The van der Waals surface area contributed by atoms with Gasteiger partial charge in [-0.2, -0.15) is 0 Å². The van der Waals surface area contributed by atoms with Crippen molar-refractivity contribution in [2.75, 3.05) is 27.2 Å². The first kappa shape index (κ1) is 46.4. The first-order valence-corrected chi connectivity index (χ1v) is 23.3. The molecule has 342 valence electrons. The van der Waals surface area contributed by atoms with E-state index in [1.165, 1.54) is 11.1 Å². The number of carbonyl (C=O) groups excluding carboxylic acids is 6. The van der Waals surface area contributed by atoms with Gasteiger partial charge in [0.1, 0.15) is 24.2 Å². The number of likely N-dealkylation sites (N-methyl/N-ethyl adjacent to an activating group) is 2. The summed E-state index contributed by atoms with van der Waals surface area (Å²) < 4.78 is 0. The van der Waals surface area contributed by atoms with Crippen LogP contribution in [0, 0.1) is 0 Å². The van der Waals surface area contributed by atoms with Crippen LogP contribution in [0.5, 0.6) is 0 Å². The van der Waals surface area contributed by atoms with E-state index in [0.29, 0.717) is 25.9 Å². The highest BCUT2D eigenvalue weighted by Crippen LogP contribution is 2.40. The lowest BCUT2D eigenvalue weighted by Crippen LogP contribution is -2.54. The summed E-state index contributed by atoms with van der Waals surface area (Å²) in [6.45, 7) is 7.75. The summed E-state index contributed by atoms with van der Waals surface area (Å²) in [7, 11) is 3.38. The number of hydrogen-bond acceptors (Lipinski definition) is 8. The molecule has 0 radical (unpaired) electrons. The average Bonchev–Trinajstić information content (AvgIpc) is 4.02. The Kier molecular flexibility index (Phi) is 14.9. The van der Waals surface area contributed by atoms with Gasteiger partial charge in [0.05, 0.1) is 24.2 Å². The first-order chi connectivity index (χ1) is 30.8. The molecule has 7 rings (SSSR count). The highest BCUT2D eigenvalue weighted by molar-refractivity contribution is 5.94. The molecular formula is C50H66N8O6. The molecule has 4 aliphatic rings. The molecule has 6 N–H and O–H groups in total. The summed E-state index contributed by atoms with van der Waals surface area (Å²) in [4.78, 5) is 83.0. The van der Waals surface area contributed by atoms with Gasteiger partial charge in [0.25, 0.3) is 0 Å². The Morgan fingerprint density at radius 2 is 0.938 bits per heavy atom. The molecule has 0 spiro atoms. The number of fused-ring (bicyclic) bond motifs is 2. The zero-order chi connectivity index (χ0) is 45.7. The summed E-state index contributed by atoms with van der Waals surface area (Å²) in [5, 5.41) is 18.0. The molecule has 3 aromatic rings. The van der Waals surface area contributed by atoms with E-state index in [4.69, 9.17) is 0 Å². The first-order valence-electron chi connectivity index (χ1n) is 23.3. The Bertz CT molecular complexity index is 2100. The Morgan fingerprint density at radius 3 is 1.34 bits per heavy atom. The van der Waals surface area contributed by atoms with Crippen LogP contribution < -0.4 is 31.9 Å². The molecule has 2 aliphatic carbocycles. The predicted octanol–water partition coefficient (Wildman–Crippen LogP) is 4.22. The monoisotopic (exact) mass is 875 g/mol. The average molecular weight is 875 g/mol. The van der Waals surface area contributed by atoms with Crippen LogP contribution in [0.2, 0.25) is 0 Å². The lowest BCUT2D eigenvalue weighted by molar-refractivity contribution is -0.141. The van der Waals surface area contributed by atoms with Crippen LogP contribution in [0.25, 0.3) is 22.3 Å². The van der Waals surface area contributed by atoms with E-state index in [1.54, 1.807) is 51.6 Å². The quantitative estimate of drug-likeness (QED) is 0.139. The molecule has 0 bridgehead atoms. The van der Waals surface area contributed by atoms with E-state index in [0.717, 1.165) is 84.7 Å². The van der Waals surface area contributed by atoms with Gasteiger partial charge in [-0.1, -0.05) is 54.6 Å². The van der Waals surface area contributed by atoms with Gasteiger partial charge in [-0.15, -0.1) is 0 Å². The molecule has 2 saturated heterocycles.